The van der Waals surface area contributed by atoms with Crippen LogP contribution in [0.15, 0.2) is 0 Å². The first-order chi connectivity index (χ1) is 15.1. The van der Waals surface area contributed by atoms with Crippen LogP contribution in [-0.2, 0) is 13.1 Å². The molecule has 33 heavy (non-hydrogen) atoms. The Kier molecular flexibility index (Phi) is 7.90. The Balaban J connectivity index is 2.14. The van der Waals surface area contributed by atoms with Gasteiger partial charge in [-0.15, -0.1) is 0 Å². The molecule has 0 atom stereocenters. The highest BCUT2D eigenvalue weighted by atomic mass is 16.5. The van der Waals surface area contributed by atoms with Gasteiger partial charge in [-0.25, -0.2) is 14.7 Å². The lowest BCUT2D eigenvalue weighted by Gasteiger charge is -2.18. The first-order valence-electron chi connectivity index (χ1n) is 11.1. The molecule has 0 unspecified atom stereocenters. The second-order valence-corrected chi connectivity index (χ2v) is 10.3. The van der Waals surface area contributed by atoms with E-state index < -0.39 is 11.1 Å². The third-order valence-electron chi connectivity index (χ3n) is 5.18. The molecule has 0 spiro atoms. The van der Waals surface area contributed by atoms with E-state index >= 15 is 0 Å². The number of hydroxylamine groups is 2. The van der Waals surface area contributed by atoms with Crippen molar-refractivity contribution in [3.8, 4) is 0 Å². The topological polar surface area (TPSA) is 113 Å². The van der Waals surface area contributed by atoms with Gasteiger partial charge in [-0.05, 0) is 32.4 Å². The minimum atomic E-state index is -0.533. The number of hydrogen-bond donors (Lipinski definition) is 2. The van der Waals surface area contributed by atoms with Gasteiger partial charge in [-0.2, -0.15) is 0 Å². The Morgan fingerprint density at radius 2 is 1.15 bits per heavy atom. The number of aryl methyl sites for hydroxylation is 4. The van der Waals surface area contributed by atoms with Gasteiger partial charge in [0.05, 0.1) is 34.2 Å². The quantitative estimate of drug-likeness (QED) is 0.226. The zero-order valence-corrected chi connectivity index (χ0v) is 21.6. The molecule has 2 N–H and O–H groups in total. The molecule has 0 aromatic carbocycles. The maximum Gasteiger partial charge on any atom is 0.243 e. The van der Waals surface area contributed by atoms with Crippen molar-refractivity contribution in [1.82, 2.24) is 25.3 Å². The Morgan fingerprint density at radius 3 is 1.55 bits per heavy atom. The number of rotatable bonds is 6. The first kappa shape index (κ1) is 26.3. The van der Waals surface area contributed by atoms with Crippen molar-refractivity contribution in [2.45, 2.75) is 93.4 Å². The van der Waals surface area contributed by atoms with Crippen LogP contribution in [0.3, 0.4) is 0 Å². The second-order valence-electron chi connectivity index (χ2n) is 10.3. The van der Waals surface area contributed by atoms with E-state index in [2.05, 4.69) is 25.3 Å². The molecular formula is C24H38N7O2+. The fraction of sp³-hybridized carbons (Fsp3) is 0.583. The van der Waals surface area contributed by atoms with E-state index in [1.807, 2.05) is 69.2 Å². The van der Waals surface area contributed by atoms with E-state index in [4.69, 9.17) is 0 Å². The molecule has 0 fully saturated rings. The molecule has 0 aliphatic carbocycles. The van der Waals surface area contributed by atoms with Gasteiger partial charge in [0.25, 0.3) is 0 Å². The normalized spacial score (nSPS) is 13.5. The lowest BCUT2D eigenvalue weighted by molar-refractivity contribution is -0.816. The molecule has 9 heteroatoms. The van der Waals surface area contributed by atoms with E-state index in [1.54, 1.807) is 6.21 Å². The molecule has 0 aliphatic heterocycles. The zero-order valence-electron chi connectivity index (χ0n) is 21.6. The molecule has 0 radical (unpaired) electrons. The molecule has 0 aliphatic rings. The number of aromatic nitrogens is 4. The molecule has 2 aromatic rings. The average molecular weight is 457 g/mol. The van der Waals surface area contributed by atoms with Crippen LogP contribution in [0.5, 0.6) is 0 Å². The van der Waals surface area contributed by atoms with Crippen LogP contribution in [0.4, 0.5) is 0 Å². The highest BCUT2D eigenvalue weighted by Crippen LogP contribution is 2.12. The van der Waals surface area contributed by atoms with Crippen molar-refractivity contribution in [3.05, 3.63) is 50.8 Å². The van der Waals surface area contributed by atoms with Gasteiger partial charge in [0, 0.05) is 54.6 Å². The fourth-order valence-corrected chi connectivity index (χ4v) is 2.83. The van der Waals surface area contributed by atoms with E-state index in [0.717, 1.165) is 37.9 Å². The third kappa shape index (κ3) is 7.02. The molecular weight excluding hydrogens is 418 g/mol. The summed E-state index contributed by atoms with van der Waals surface area (Å²) in [4.78, 5) is 18.5. The summed E-state index contributed by atoms with van der Waals surface area (Å²) in [5.74, 6) is 0. The molecule has 0 saturated heterocycles. The van der Waals surface area contributed by atoms with Gasteiger partial charge in [0.1, 0.15) is 5.69 Å². The molecule has 2 aromatic heterocycles. The van der Waals surface area contributed by atoms with Gasteiger partial charge in [0.2, 0.25) is 18.0 Å². The highest BCUT2D eigenvalue weighted by Gasteiger charge is 2.25. The Bertz CT molecular complexity index is 992. The molecule has 180 valence electrons. The molecule has 0 amide bonds. The predicted molar refractivity (Wildman–Crippen MR) is 129 cm³/mol. The van der Waals surface area contributed by atoms with E-state index in [-0.39, 0.29) is 0 Å². The summed E-state index contributed by atoms with van der Waals surface area (Å²) >= 11 is 0. The SMILES string of the molecule is Cc1nc(CNCc2nc(C)c(/C=[N+](\O)C(C)(C)C)nc2C)c(C)nc1/C=[N+](\[O-])C(C)(C)C. The lowest BCUT2D eigenvalue weighted by Crippen LogP contribution is -2.31. The number of nitrogens with zero attached hydrogens (tertiary/aromatic N) is 6. The Morgan fingerprint density at radius 1 is 0.727 bits per heavy atom. The summed E-state index contributed by atoms with van der Waals surface area (Å²) in [6.45, 7) is 19.9. The van der Waals surface area contributed by atoms with Crippen LogP contribution in [0, 0.1) is 32.9 Å². The summed E-state index contributed by atoms with van der Waals surface area (Å²) in [5.41, 5.74) is 4.95. The van der Waals surface area contributed by atoms with E-state index in [9.17, 15) is 10.4 Å². The highest BCUT2D eigenvalue weighted by molar-refractivity contribution is 5.74. The summed E-state index contributed by atoms with van der Waals surface area (Å²) in [6, 6.07) is 0. The lowest BCUT2D eigenvalue weighted by atomic mass is 10.1. The first-order valence-corrected chi connectivity index (χ1v) is 11.1. The van der Waals surface area contributed by atoms with Crippen molar-refractivity contribution in [1.29, 1.82) is 0 Å². The van der Waals surface area contributed by atoms with Crippen LogP contribution in [-0.4, -0.2) is 58.1 Å². The zero-order chi connectivity index (χ0) is 25.1. The molecule has 9 nitrogen and oxygen atoms in total. The minimum Gasteiger partial charge on any atom is -0.623 e. The molecule has 0 saturated carbocycles. The summed E-state index contributed by atoms with van der Waals surface area (Å²) in [6.07, 6.45) is 3.11. The van der Waals surface area contributed by atoms with Crippen molar-refractivity contribution < 1.29 is 14.7 Å². The van der Waals surface area contributed by atoms with Crippen LogP contribution in [0.25, 0.3) is 0 Å². The molecule has 0 bridgehead atoms. The van der Waals surface area contributed by atoms with Gasteiger partial charge in [-0.1, -0.05) is 0 Å². The Labute approximate surface area is 196 Å². The maximum absolute atomic E-state index is 12.3. The van der Waals surface area contributed by atoms with Crippen molar-refractivity contribution in [3.63, 3.8) is 0 Å². The fourth-order valence-electron chi connectivity index (χ4n) is 2.83. The smallest absolute Gasteiger partial charge is 0.243 e. The number of hydrogen-bond acceptors (Lipinski definition) is 7. The monoisotopic (exact) mass is 456 g/mol. The van der Waals surface area contributed by atoms with Gasteiger partial charge < -0.3 is 10.5 Å². The summed E-state index contributed by atoms with van der Waals surface area (Å²) in [5, 5.41) is 25.8. The van der Waals surface area contributed by atoms with Crippen LogP contribution >= 0.6 is 0 Å². The summed E-state index contributed by atoms with van der Waals surface area (Å²) in [7, 11) is 0. The van der Waals surface area contributed by atoms with E-state index in [1.165, 1.54) is 6.21 Å². The minimum absolute atomic E-state index is 0.425. The van der Waals surface area contributed by atoms with Gasteiger partial charge in [0.15, 0.2) is 11.2 Å². The molecule has 2 heterocycles. The standard InChI is InChI=1S/C24H38N7O2/c1-15-19(26-17(3)21(28-15)13-30(32)23(5,6)7)11-25-12-20-16(2)29-22(18(4)27-20)14-31(33)24(8,9)10/h13-14,25,32H,11-12H2,1-10H3/q+1/b31-14-. The Hall–Kier alpha value is -2.94. The van der Waals surface area contributed by atoms with Crippen LogP contribution in [0.1, 0.15) is 87.1 Å². The third-order valence-corrected chi connectivity index (χ3v) is 5.18. The maximum atomic E-state index is 12.3. The van der Waals surface area contributed by atoms with Crippen LogP contribution < -0.4 is 5.32 Å². The average Bonchev–Trinajstić information content (AvgIpc) is 2.67. The van der Waals surface area contributed by atoms with Crippen molar-refractivity contribution >= 4 is 12.4 Å². The van der Waals surface area contributed by atoms with Gasteiger partial charge in [-0.3, -0.25) is 15.2 Å². The van der Waals surface area contributed by atoms with Crippen molar-refractivity contribution in [2.75, 3.05) is 0 Å². The van der Waals surface area contributed by atoms with Crippen LogP contribution in [0.2, 0.25) is 0 Å². The van der Waals surface area contributed by atoms with Gasteiger partial charge >= 0.3 is 0 Å². The van der Waals surface area contributed by atoms with E-state index in [0.29, 0.717) is 30.2 Å². The predicted octanol–water partition coefficient (Wildman–Crippen LogP) is 3.14. The number of nitrogens with one attached hydrogen (secondary N) is 1. The van der Waals surface area contributed by atoms with Crippen molar-refractivity contribution in [2.24, 2.45) is 0 Å². The second kappa shape index (κ2) is 9.91. The summed E-state index contributed by atoms with van der Waals surface area (Å²) < 4.78 is 2.06. The molecule has 2 rings (SSSR count). The largest absolute Gasteiger partial charge is 0.623 e.